The van der Waals surface area contributed by atoms with E-state index >= 15 is 0 Å². The van der Waals surface area contributed by atoms with Crippen LogP contribution in [-0.2, 0) is 9.53 Å². The second-order valence-electron chi connectivity index (χ2n) is 4.90. The minimum atomic E-state index is -4.28. The van der Waals surface area contributed by atoms with Crippen LogP contribution in [0.2, 0.25) is 0 Å². The molecule has 1 rings (SSSR count). The molecule has 19 heavy (non-hydrogen) atoms. The van der Waals surface area contributed by atoms with Crippen LogP contribution in [0.3, 0.4) is 0 Å². The zero-order valence-corrected chi connectivity index (χ0v) is 10.9. The molecular formula is C12H20F3NO3. The first kappa shape index (κ1) is 16.2. The van der Waals surface area contributed by atoms with E-state index in [4.69, 9.17) is 4.74 Å². The number of halogens is 3. The predicted octanol–water partition coefficient (Wildman–Crippen LogP) is 2.19. The van der Waals surface area contributed by atoms with Gasteiger partial charge in [-0.1, -0.05) is 6.92 Å². The van der Waals surface area contributed by atoms with Gasteiger partial charge in [-0.2, -0.15) is 13.2 Å². The van der Waals surface area contributed by atoms with E-state index in [1.165, 1.54) is 0 Å². The first-order valence-electron chi connectivity index (χ1n) is 6.44. The molecule has 0 aromatic rings. The fourth-order valence-electron chi connectivity index (χ4n) is 1.97. The minimum Gasteiger partial charge on any atom is -0.480 e. The van der Waals surface area contributed by atoms with Crippen LogP contribution < -0.4 is 5.32 Å². The SMILES string of the molecule is CCCNC(COCCC(F)(F)F)(C(=O)O)C1CC1. The monoisotopic (exact) mass is 283 g/mol. The second kappa shape index (κ2) is 6.56. The Labute approximate surface area is 110 Å². The molecule has 4 nitrogen and oxygen atoms in total. The van der Waals surface area contributed by atoms with Gasteiger partial charge in [0, 0.05) is 0 Å². The summed E-state index contributed by atoms with van der Waals surface area (Å²) < 4.78 is 41.0. The molecule has 0 aromatic carbocycles. The summed E-state index contributed by atoms with van der Waals surface area (Å²) in [6.07, 6.45) is -3.04. The topological polar surface area (TPSA) is 58.6 Å². The fourth-order valence-corrected chi connectivity index (χ4v) is 1.97. The number of rotatable bonds is 9. The van der Waals surface area contributed by atoms with Crippen LogP contribution in [0.15, 0.2) is 0 Å². The van der Waals surface area contributed by atoms with Crippen LogP contribution in [0.25, 0.3) is 0 Å². The van der Waals surface area contributed by atoms with E-state index in [2.05, 4.69) is 5.32 Å². The van der Waals surface area contributed by atoms with E-state index in [1.54, 1.807) is 0 Å². The Bertz CT molecular complexity index is 305. The lowest BCUT2D eigenvalue weighted by atomic mass is 9.94. The number of ether oxygens (including phenoxy) is 1. The average Bonchev–Trinajstić information content (AvgIpc) is 3.11. The molecule has 112 valence electrons. The number of carboxylic acid groups (broad SMARTS) is 1. The summed E-state index contributed by atoms with van der Waals surface area (Å²) in [6.45, 7) is 1.69. The summed E-state index contributed by atoms with van der Waals surface area (Å²) in [5.74, 6) is -1.10. The van der Waals surface area contributed by atoms with Crippen molar-refractivity contribution in [3.8, 4) is 0 Å². The second-order valence-corrected chi connectivity index (χ2v) is 4.90. The van der Waals surface area contributed by atoms with E-state index in [9.17, 15) is 23.1 Å². The predicted molar refractivity (Wildman–Crippen MR) is 62.9 cm³/mol. The van der Waals surface area contributed by atoms with Gasteiger partial charge in [-0.05, 0) is 31.7 Å². The van der Waals surface area contributed by atoms with Crippen LogP contribution in [0.4, 0.5) is 13.2 Å². The summed E-state index contributed by atoms with van der Waals surface area (Å²) in [6, 6.07) is 0. The molecular weight excluding hydrogens is 263 g/mol. The minimum absolute atomic E-state index is 0.0533. The first-order chi connectivity index (χ1) is 8.82. The maximum absolute atomic E-state index is 12.0. The quantitative estimate of drug-likeness (QED) is 0.637. The van der Waals surface area contributed by atoms with Gasteiger partial charge in [-0.25, -0.2) is 0 Å². The largest absolute Gasteiger partial charge is 0.480 e. The van der Waals surface area contributed by atoms with Gasteiger partial charge in [-0.15, -0.1) is 0 Å². The lowest BCUT2D eigenvalue weighted by Crippen LogP contribution is -2.57. The van der Waals surface area contributed by atoms with E-state index in [-0.39, 0.29) is 12.5 Å². The molecule has 0 saturated heterocycles. The molecule has 0 aromatic heterocycles. The summed E-state index contributed by atoms with van der Waals surface area (Å²) >= 11 is 0. The number of carbonyl (C=O) groups is 1. The average molecular weight is 283 g/mol. The molecule has 0 spiro atoms. The molecule has 0 aliphatic heterocycles. The summed E-state index contributed by atoms with van der Waals surface area (Å²) in [5.41, 5.74) is -1.23. The van der Waals surface area contributed by atoms with Crippen molar-refractivity contribution in [2.75, 3.05) is 19.8 Å². The van der Waals surface area contributed by atoms with Gasteiger partial charge in [0.1, 0.15) is 5.54 Å². The van der Waals surface area contributed by atoms with Crippen LogP contribution >= 0.6 is 0 Å². The molecule has 1 unspecified atom stereocenters. The Morgan fingerprint density at radius 2 is 2.05 bits per heavy atom. The van der Waals surface area contributed by atoms with Crippen LogP contribution in [0.5, 0.6) is 0 Å². The molecule has 0 amide bonds. The van der Waals surface area contributed by atoms with E-state index < -0.39 is 30.7 Å². The van der Waals surface area contributed by atoms with Gasteiger partial charge in [0.05, 0.1) is 19.6 Å². The molecule has 0 bridgehead atoms. The van der Waals surface area contributed by atoms with Crippen molar-refractivity contribution in [3.05, 3.63) is 0 Å². The molecule has 1 aliphatic carbocycles. The molecule has 1 fully saturated rings. The van der Waals surface area contributed by atoms with Gasteiger partial charge in [-0.3, -0.25) is 10.1 Å². The van der Waals surface area contributed by atoms with Crippen LogP contribution in [0, 0.1) is 5.92 Å². The zero-order chi connectivity index (χ0) is 14.5. The van der Waals surface area contributed by atoms with Gasteiger partial charge in [0.2, 0.25) is 0 Å². The lowest BCUT2D eigenvalue weighted by molar-refractivity contribution is -0.155. The third kappa shape index (κ3) is 4.99. The van der Waals surface area contributed by atoms with Crippen molar-refractivity contribution in [2.45, 2.75) is 44.3 Å². The van der Waals surface area contributed by atoms with Crippen LogP contribution in [0.1, 0.15) is 32.6 Å². The Hall–Kier alpha value is -0.820. The Morgan fingerprint density at radius 3 is 2.47 bits per heavy atom. The highest BCUT2D eigenvalue weighted by Crippen LogP contribution is 2.40. The molecule has 1 saturated carbocycles. The molecule has 0 radical (unpaired) electrons. The third-order valence-electron chi connectivity index (χ3n) is 3.21. The number of aliphatic carboxylic acids is 1. The molecule has 7 heteroatoms. The standard InChI is InChI=1S/C12H20F3NO3/c1-2-6-16-11(10(17)18,9-3-4-9)8-19-7-5-12(13,14)15/h9,16H,2-8H2,1H3,(H,17,18). The number of alkyl halides is 3. The van der Waals surface area contributed by atoms with Gasteiger partial charge >= 0.3 is 12.1 Å². The smallest absolute Gasteiger partial charge is 0.391 e. The highest BCUT2D eigenvalue weighted by Gasteiger charge is 2.51. The van der Waals surface area contributed by atoms with Gasteiger partial charge in [0.15, 0.2) is 0 Å². The van der Waals surface area contributed by atoms with Gasteiger partial charge < -0.3 is 9.84 Å². The van der Waals surface area contributed by atoms with Crippen molar-refractivity contribution in [3.63, 3.8) is 0 Å². The molecule has 1 atom stereocenters. The fraction of sp³-hybridized carbons (Fsp3) is 0.917. The molecule has 1 aliphatic rings. The number of hydrogen-bond donors (Lipinski definition) is 2. The Balaban J connectivity index is 2.51. The first-order valence-corrected chi connectivity index (χ1v) is 6.44. The maximum Gasteiger partial charge on any atom is 0.391 e. The van der Waals surface area contributed by atoms with E-state index in [0.717, 1.165) is 19.3 Å². The maximum atomic E-state index is 12.0. The van der Waals surface area contributed by atoms with Crippen molar-refractivity contribution >= 4 is 5.97 Å². The van der Waals surface area contributed by atoms with Gasteiger partial charge in [0.25, 0.3) is 0 Å². The van der Waals surface area contributed by atoms with Crippen molar-refractivity contribution < 1.29 is 27.8 Å². The zero-order valence-electron chi connectivity index (χ0n) is 10.9. The summed E-state index contributed by atoms with van der Waals surface area (Å²) in [7, 11) is 0. The number of carboxylic acids is 1. The number of nitrogens with one attached hydrogen (secondary N) is 1. The van der Waals surface area contributed by atoms with Crippen molar-refractivity contribution in [1.29, 1.82) is 0 Å². The number of hydrogen-bond acceptors (Lipinski definition) is 3. The van der Waals surface area contributed by atoms with Crippen LogP contribution in [-0.4, -0.2) is 42.5 Å². The Kier molecular flexibility index (Phi) is 5.61. The summed E-state index contributed by atoms with van der Waals surface area (Å²) in [5, 5.41) is 12.3. The molecule has 0 heterocycles. The van der Waals surface area contributed by atoms with Crippen molar-refractivity contribution in [1.82, 2.24) is 5.32 Å². The van der Waals surface area contributed by atoms with Crippen molar-refractivity contribution in [2.24, 2.45) is 5.92 Å². The molecule has 2 N–H and O–H groups in total. The Morgan fingerprint density at radius 1 is 1.42 bits per heavy atom. The lowest BCUT2D eigenvalue weighted by Gasteiger charge is -2.30. The van der Waals surface area contributed by atoms with E-state index in [1.807, 2.05) is 6.92 Å². The van der Waals surface area contributed by atoms with E-state index in [0.29, 0.717) is 6.54 Å². The summed E-state index contributed by atoms with van der Waals surface area (Å²) in [4.78, 5) is 11.4. The highest BCUT2D eigenvalue weighted by atomic mass is 19.4. The normalized spacial score (nSPS) is 19.2. The highest BCUT2D eigenvalue weighted by molar-refractivity contribution is 5.80. The third-order valence-corrected chi connectivity index (χ3v) is 3.21.